The molecule has 0 fully saturated rings. The molecule has 0 bridgehead atoms. The van der Waals surface area contributed by atoms with Crippen LogP contribution in [-0.2, 0) is 24.2 Å². The van der Waals surface area contributed by atoms with Gasteiger partial charge in [-0.1, -0.05) is 23.4 Å². The molecule has 0 saturated carbocycles. The third-order valence-electron chi connectivity index (χ3n) is 3.90. The quantitative estimate of drug-likeness (QED) is 0.516. The summed E-state index contributed by atoms with van der Waals surface area (Å²) < 4.78 is 0.739. The first kappa shape index (κ1) is 16.3. The molecule has 0 spiro atoms. The van der Waals surface area contributed by atoms with Gasteiger partial charge in [-0.25, -0.2) is 9.97 Å². The number of hydrogen-bond acceptors (Lipinski definition) is 6. The van der Waals surface area contributed by atoms with Gasteiger partial charge in [-0.2, -0.15) is 0 Å². The van der Waals surface area contributed by atoms with Crippen molar-refractivity contribution < 1.29 is 4.79 Å². The summed E-state index contributed by atoms with van der Waals surface area (Å²) in [6, 6.07) is 3.78. The van der Waals surface area contributed by atoms with E-state index >= 15 is 0 Å². The Kier molecular flexibility index (Phi) is 4.76. The molecule has 0 atom stereocenters. The standard InChI is InChI=1S/C16H14ClN3OS3/c17-12-5-4-9(23-12)6-18-13(21)7-22-15-14-10-2-1-3-11(10)24-16(14)20-8-19-15/h4-5,8H,1-3,6-7H2,(H,18,21). The number of thiophene rings is 2. The van der Waals surface area contributed by atoms with Gasteiger partial charge in [-0.05, 0) is 37.0 Å². The van der Waals surface area contributed by atoms with Gasteiger partial charge in [0.05, 0.1) is 16.6 Å². The highest BCUT2D eigenvalue weighted by Gasteiger charge is 2.21. The van der Waals surface area contributed by atoms with Crippen LogP contribution >= 0.6 is 46.0 Å². The lowest BCUT2D eigenvalue weighted by atomic mass is 10.2. The summed E-state index contributed by atoms with van der Waals surface area (Å²) in [6.45, 7) is 0.518. The van der Waals surface area contributed by atoms with Crippen molar-refractivity contribution in [3.05, 3.63) is 38.1 Å². The molecular weight excluding hydrogens is 382 g/mol. The molecule has 0 unspecified atom stereocenters. The summed E-state index contributed by atoms with van der Waals surface area (Å²) in [7, 11) is 0. The van der Waals surface area contributed by atoms with Gasteiger partial charge >= 0.3 is 0 Å². The molecule has 1 N–H and O–H groups in total. The Labute approximate surface area is 156 Å². The number of carbonyl (C=O) groups excluding carboxylic acids is 1. The zero-order chi connectivity index (χ0) is 16.5. The van der Waals surface area contributed by atoms with E-state index in [2.05, 4.69) is 15.3 Å². The van der Waals surface area contributed by atoms with Crippen molar-refractivity contribution in [3.63, 3.8) is 0 Å². The molecule has 3 heterocycles. The Bertz CT molecular complexity index is 905. The van der Waals surface area contributed by atoms with E-state index in [9.17, 15) is 4.79 Å². The van der Waals surface area contributed by atoms with Gasteiger partial charge in [0.2, 0.25) is 5.91 Å². The van der Waals surface area contributed by atoms with Crippen molar-refractivity contribution in [3.8, 4) is 0 Å². The van der Waals surface area contributed by atoms with Crippen LogP contribution in [-0.4, -0.2) is 21.6 Å². The Morgan fingerprint density at radius 1 is 1.29 bits per heavy atom. The van der Waals surface area contributed by atoms with Gasteiger partial charge in [0.1, 0.15) is 16.2 Å². The van der Waals surface area contributed by atoms with Crippen molar-refractivity contribution in [2.75, 3.05) is 5.75 Å². The Balaban J connectivity index is 1.42. The highest BCUT2D eigenvalue weighted by atomic mass is 35.5. The topological polar surface area (TPSA) is 54.9 Å². The molecule has 0 radical (unpaired) electrons. The second-order valence-corrected chi connectivity index (χ2v) is 9.33. The summed E-state index contributed by atoms with van der Waals surface area (Å²) in [5, 5.41) is 5.02. The Morgan fingerprint density at radius 3 is 3.04 bits per heavy atom. The smallest absolute Gasteiger partial charge is 0.230 e. The summed E-state index contributed by atoms with van der Waals surface area (Å²) in [5.74, 6) is 0.360. The second-order valence-electron chi connectivity index (χ2n) is 5.49. The van der Waals surface area contributed by atoms with Crippen molar-refractivity contribution >= 4 is 62.2 Å². The minimum atomic E-state index is 0.00293. The first-order valence-electron chi connectivity index (χ1n) is 7.59. The maximum atomic E-state index is 12.1. The van der Waals surface area contributed by atoms with Crippen molar-refractivity contribution in [2.24, 2.45) is 0 Å². The van der Waals surface area contributed by atoms with Gasteiger partial charge in [0.25, 0.3) is 0 Å². The maximum Gasteiger partial charge on any atom is 0.230 e. The molecule has 0 aromatic carbocycles. The minimum Gasteiger partial charge on any atom is -0.350 e. The summed E-state index contributed by atoms with van der Waals surface area (Å²) in [4.78, 5) is 24.4. The average molecular weight is 396 g/mol. The summed E-state index contributed by atoms with van der Waals surface area (Å²) in [5.41, 5.74) is 1.40. The van der Waals surface area contributed by atoms with Crippen LogP contribution < -0.4 is 5.32 Å². The molecule has 1 amide bonds. The van der Waals surface area contributed by atoms with E-state index < -0.39 is 0 Å². The normalized spacial score (nSPS) is 13.4. The van der Waals surface area contributed by atoms with Crippen LogP contribution in [0.25, 0.3) is 10.2 Å². The number of fused-ring (bicyclic) bond motifs is 3. The molecule has 124 valence electrons. The van der Waals surface area contributed by atoms with Gasteiger partial charge in [0, 0.05) is 15.1 Å². The predicted molar refractivity (Wildman–Crippen MR) is 101 cm³/mol. The number of rotatable bonds is 5. The van der Waals surface area contributed by atoms with E-state index in [0.717, 1.165) is 37.3 Å². The van der Waals surface area contributed by atoms with Gasteiger partial charge in [0.15, 0.2) is 0 Å². The average Bonchev–Trinajstić information content (AvgIpc) is 3.26. The van der Waals surface area contributed by atoms with Gasteiger partial charge < -0.3 is 5.32 Å². The van der Waals surface area contributed by atoms with E-state index in [1.807, 2.05) is 12.1 Å². The molecule has 1 aliphatic carbocycles. The molecule has 0 saturated heterocycles. The molecule has 24 heavy (non-hydrogen) atoms. The van der Waals surface area contributed by atoms with Crippen LogP contribution in [0, 0.1) is 0 Å². The van der Waals surface area contributed by atoms with Gasteiger partial charge in [-0.15, -0.1) is 22.7 Å². The molecule has 4 nitrogen and oxygen atoms in total. The molecular formula is C16H14ClN3OS3. The second kappa shape index (κ2) is 7.00. The molecule has 3 aromatic heterocycles. The van der Waals surface area contributed by atoms with Crippen molar-refractivity contribution in [1.29, 1.82) is 0 Å². The van der Waals surface area contributed by atoms with Crippen LogP contribution in [0.4, 0.5) is 0 Å². The lowest BCUT2D eigenvalue weighted by Crippen LogP contribution is -2.24. The molecule has 1 aliphatic rings. The van der Waals surface area contributed by atoms with E-state index in [4.69, 9.17) is 11.6 Å². The SMILES string of the molecule is O=C(CSc1ncnc2sc3c(c12)CCC3)NCc1ccc(Cl)s1. The maximum absolute atomic E-state index is 12.1. The fourth-order valence-corrected chi connectivity index (χ4v) is 6.00. The monoisotopic (exact) mass is 395 g/mol. The number of thioether (sulfide) groups is 1. The molecule has 8 heteroatoms. The fourth-order valence-electron chi connectivity index (χ4n) is 2.83. The number of carbonyl (C=O) groups is 1. The molecule has 4 rings (SSSR count). The number of aryl methyl sites for hydroxylation is 2. The molecule has 3 aromatic rings. The third kappa shape index (κ3) is 3.31. The van der Waals surface area contributed by atoms with Crippen molar-refractivity contribution in [2.45, 2.75) is 30.8 Å². The summed E-state index contributed by atoms with van der Waals surface area (Å²) in [6.07, 6.45) is 5.05. The fraction of sp³-hybridized carbons (Fsp3) is 0.312. The van der Waals surface area contributed by atoms with Crippen LogP contribution in [0.2, 0.25) is 4.34 Å². The lowest BCUT2D eigenvalue weighted by Gasteiger charge is -2.05. The third-order valence-corrected chi connectivity index (χ3v) is 7.32. The number of nitrogens with zero attached hydrogens (tertiary/aromatic N) is 2. The number of halogens is 1. The minimum absolute atomic E-state index is 0.00293. The number of amides is 1. The first-order valence-corrected chi connectivity index (χ1v) is 10.6. The van der Waals surface area contributed by atoms with Gasteiger partial charge in [-0.3, -0.25) is 4.79 Å². The highest BCUT2D eigenvalue weighted by molar-refractivity contribution is 8.00. The van der Waals surface area contributed by atoms with Crippen LogP contribution in [0.15, 0.2) is 23.5 Å². The number of aromatic nitrogens is 2. The van der Waals surface area contributed by atoms with Crippen LogP contribution in [0.3, 0.4) is 0 Å². The zero-order valence-corrected chi connectivity index (χ0v) is 15.9. The van der Waals surface area contributed by atoms with Crippen molar-refractivity contribution in [1.82, 2.24) is 15.3 Å². The highest BCUT2D eigenvalue weighted by Crippen LogP contribution is 2.39. The van der Waals surface area contributed by atoms with E-state index in [1.165, 1.54) is 40.0 Å². The first-order chi connectivity index (χ1) is 11.7. The van der Waals surface area contributed by atoms with E-state index in [0.29, 0.717) is 12.3 Å². The Morgan fingerprint density at radius 2 is 2.21 bits per heavy atom. The zero-order valence-electron chi connectivity index (χ0n) is 12.7. The van der Waals surface area contributed by atoms with Crippen LogP contribution in [0.1, 0.15) is 21.7 Å². The number of nitrogens with one attached hydrogen (secondary N) is 1. The summed E-state index contributed by atoms with van der Waals surface area (Å²) >= 11 is 10.6. The van der Waals surface area contributed by atoms with E-state index in [1.54, 1.807) is 17.7 Å². The van der Waals surface area contributed by atoms with E-state index in [-0.39, 0.29) is 5.91 Å². The van der Waals surface area contributed by atoms with Crippen LogP contribution in [0.5, 0.6) is 0 Å². The largest absolute Gasteiger partial charge is 0.350 e. The number of hydrogen-bond donors (Lipinski definition) is 1. The Hall–Kier alpha value is -1.15. The molecule has 0 aliphatic heterocycles. The predicted octanol–water partition coefficient (Wildman–Crippen LogP) is 4.30. The lowest BCUT2D eigenvalue weighted by molar-refractivity contribution is -0.118.